The summed E-state index contributed by atoms with van der Waals surface area (Å²) in [5, 5.41) is 8.55. The Hall–Kier alpha value is -1.75. The number of aromatic nitrogens is 2. The van der Waals surface area contributed by atoms with Crippen LogP contribution in [0.25, 0.3) is 6.08 Å². The number of hydrogen-bond donors (Lipinski definition) is 1. The molecule has 0 saturated heterocycles. The number of methoxy groups -OCH3 is 1. The second-order valence-corrected chi connectivity index (χ2v) is 2.49. The first-order valence-corrected chi connectivity index (χ1v) is 3.95. The molecular formula is C9H10N2O3. The molecule has 1 N–H and O–H groups in total. The van der Waals surface area contributed by atoms with Crippen LogP contribution in [0.3, 0.4) is 0 Å². The summed E-state index contributed by atoms with van der Waals surface area (Å²) in [5.41, 5.74) is 0.543. The Morgan fingerprint density at radius 1 is 1.57 bits per heavy atom. The fourth-order valence-corrected chi connectivity index (χ4v) is 0.800. The van der Waals surface area contributed by atoms with Gasteiger partial charge in [-0.1, -0.05) is 6.08 Å². The van der Waals surface area contributed by atoms with Crippen molar-refractivity contribution < 1.29 is 14.6 Å². The van der Waals surface area contributed by atoms with E-state index in [1.807, 2.05) is 0 Å². The van der Waals surface area contributed by atoms with Crippen molar-refractivity contribution in [2.24, 2.45) is 0 Å². The lowest BCUT2D eigenvalue weighted by atomic mass is 10.3. The minimum absolute atomic E-state index is 0.0612. The van der Waals surface area contributed by atoms with Crippen LogP contribution < -0.4 is 0 Å². The summed E-state index contributed by atoms with van der Waals surface area (Å²) in [4.78, 5) is 18.0. The first-order chi connectivity index (χ1) is 6.74. The number of carboxylic acids is 1. The number of carbonyl (C=O) groups is 1. The lowest BCUT2D eigenvalue weighted by Crippen LogP contribution is -2.00. The van der Waals surface area contributed by atoms with Gasteiger partial charge in [0.1, 0.15) is 0 Å². The average Bonchev–Trinajstić information content (AvgIpc) is 2.19. The fourth-order valence-electron chi connectivity index (χ4n) is 0.800. The molecule has 1 aromatic heterocycles. The first kappa shape index (κ1) is 10.3. The molecule has 0 radical (unpaired) electrons. The van der Waals surface area contributed by atoms with Crippen LogP contribution in [0, 0.1) is 0 Å². The van der Waals surface area contributed by atoms with Gasteiger partial charge in [0.05, 0.1) is 24.7 Å². The molecule has 74 valence electrons. The first-order valence-electron chi connectivity index (χ1n) is 3.95. The van der Waals surface area contributed by atoms with Gasteiger partial charge in [-0.05, 0) is 6.08 Å². The predicted molar refractivity (Wildman–Crippen MR) is 49.9 cm³/mol. The molecule has 1 aromatic rings. The van der Waals surface area contributed by atoms with Gasteiger partial charge in [0.25, 0.3) is 0 Å². The van der Waals surface area contributed by atoms with Gasteiger partial charge in [0.15, 0.2) is 5.69 Å². The summed E-state index contributed by atoms with van der Waals surface area (Å²) >= 11 is 0. The van der Waals surface area contributed by atoms with Crippen LogP contribution in [-0.2, 0) is 4.74 Å². The Morgan fingerprint density at radius 2 is 2.36 bits per heavy atom. The number of hydrogen-bond acceptors (Lipinski definition) is 4. The van der Waals surface area contributed by atoms with Crippen molar-refractivity contribution in [1.82, 2.24) is 9.97 Å². The molecule has 14 heavy (non-hydrogen) atoms. The van der Waals surface area contributed by atoms with Gasteiger partial charge in [0, 0.05) is 7.11 Å². The molecule has 5 nitrogen and oxygen atoms in total. The van der Waals surface area contributed by atoms with E-state index in [9.17, 15) is 4.79 Å². The molecule has 0 spiro atoms. The number of aromatic carboxylic acids is 1. The standard InChI is InChI=1S/C9H10N2O3/c1-14-4-2-3-7-5-11-8(6-10-7)9(12)13/h2-3,5-6H,4H2,1H3,(H,12,13)/b3-2+. The molecule has 0 saturated carbocycles. The Kier molecular flexibility index (Phi) is 3.75. The molecule has 5 heteroatoms. The van der Waals surface area contributed by atoms with Gasteiger partial charge in [-0.15, -0.1) is 0 Å². The summed E-state index contributed by atoms with van der Waals surface area (Å²) in [6, 6.07) is 0. The second-order valence-electron chi connectivity index (χ2n) is 2.49. The van der Waals surface area contributed by atoms with E-state index < -0.39 is 5.97 Å². The smallest absolute Gasteiger partial charge is 0.356 e. The second kappa shape index (κ2) is 5.08. The van der Waals surface area contributed by atoms with Crippen LogP contribution in [0.2, 0.25) is 0 Å². The molecule has 0 aliphatic heterocycles. The van der Waals surface area contributed by atoms with Gasteiger partial charge >= 0.3 is 5.97 Å². The van der Waals surface area contributed by atoms with E-state index in [0.717, 1.165) is 0 Å². The maximum absolute atomic E-state index is 10.4. The molecular weight excluding hydrogens is 184 g/mol. The Labute approximate surface area is 81.1 Å². The lowest BCUT2D eigenvalue weighted by molar-refractivity contribution is 0.0690. The number of nitrogens with zero attached hydrogens (tertiary/aromatic N) is 2. The molecule has 1 heterocycles. The quantitative estimate of drug-likeness (QED) is 0.768. The number of rotatable bonds is 4. The Bertz CT molecular complexity index is 332. The van der Waals surface area contributed by atoms with Crippen LogP contribution in [-0.4, -0.2) is 34.8 Å². The van der Waals surface area contributed by atoms with Crippen LogP contribution in [0.4, 0.5) is 0 Å². The van der Waals surface area contributed by atoms with Crippen molar-refractivity contribution >= 4 is 12.0 Å². The van der Waals surface area contributed by atoms with Gasteiger partial charge in [0.2, 0.25) is 0 Å². The van der Waals surface area contributed by atoms with Crippen molar-refractivity contribution in [3.05, 3.63) is 29.9 Å². The zero-order chi connectivity index (χ0) is 10.4. The van der Waals surface area contributed by atoms with E-state index >= 15 is 0 Å². The molecule has 0 bridgehead atoms. The SMILES string of the molecule is COC/C=C/c1cnc(C(=O)O)cn1. The summed E-state index contributed by atoms with van der Waals surface area (Å²) in [5.74, 6) is -1.08. The van der Waals surface area contributed by atoms with E-state index in [1.54, 1.807) is 19.3 Å². The molecule has 0 unspecified atom stereocenters. The fraction of sp³-hybridized carbons (Fsp3) is 0.222. The van der Waals surface area contributed by atoms with Crippen LogP contribution in [0.1, 0.15) is 16.2 Å². The Balaban J connectivity index is 2.68. The molecule has 0 aromatic carbocycles. The van der Waals surface area contributed by atoms with Crippen molar-refractivity contribution in [2.75, 3.05) is 13.7 Å². The third kappa shape index (κ3) is 2.95. The van der Waals surface area contributed by atoms with Crippen molar-refractivity contribution in [3.8, 4) is 0 Å². The zero-order valence-electron chi connectivity index (χ0n) is 7.67. The highest BCUT2D eigenvalue weighted by molar-refractivity contribution is 5.84. The highest BCUT2D eigenvalue weighted by atomic mass is 16.5. The largest absolute Gasteiger partial charge is 0.476 e. The maximum Gasteiger partial charge on any atom is 0.356 e. The van der Waals surface area contributed by atoms with Crippen LogP contribution >= 0.6 is 0 Å². The van der Waals surface area contributed by atoms with E-state index in [0.29, 0.717) is 12.3 Å². The maximum atomic E-state index is 10.4. The predicted octanol–water partition coefficient (Wildman–Crippen LogP) is 0.834. The summed E-state index contributed by atoms with van der Waals surface area (Å²) in [6.07, 6.45) is 6.09. The van der Waals surface area contributed by atoms with E-state index in [4.69, 9.17) is 9.84 Å². The third-order valence-corrected chi connectivity index (χ3v) is 1.44. The van der Waals surface area contributed by atoms with Crippen molar-refractivity contribution in [1.29, 1.82) is 0 Å². The van der Waals surface area contributed by atoms with Crippen LogP contribution in [0.15, 0.2) is 18.5 Å². The number of ether oxygens (including phenoxy) is 1. The van der Waals surface area contributed by atoms with Crippen molar-refractivity contribution in [3.63, 3.8) is 0 Å². The average molecular weight is 194 g/mol. The molecule has 0 amide bonds. The summed E-state index contributed by atoms with van der Waals surface area (Å²) in [7, 11) is 1.59. The van der Waals surface area contributed by atoms with Crippen LogP contribution in [0.5, 0.6) is 0 Å². The highest BCUT2D eigenvalue weighted by Crippen LogP contribution is 1.97. The van der Waals surface area contributed by atoms with Crippen molar-refractivity contribution in [2.45, 2.75) is 0 Å². The topological polar surface area (TPSA) is 72.3 Å². The molecule has 0 aliphatic carbocycles. The number of carboxylic acid groups (broad SMARTS) is 1. The monoisotopic (exact) mass is 194 g/mol. The van der Waals surface area contributed by atoms with Gasteiger partial charge in [-0.2, -0.15) is 0 Å². The van der Waals surface area contributed by atoms with E-state index in [1.165, 1.54) is 12.4 Å². The summed E-state index contributed by atoms with van der Waals surface area (Å²) in [6.45, 7) is 0.488. The third-order valence-electron chi connectivity index (χ3n) is 1.44. The van der Waals surface area contributed by atoms with Gasteiger partial charge < -0.3 is 9.84 Å². The molecule has 0 aliphatic rings. The van der Waals surface area contributed by atoms with Gasteiger partial charge in [-0.25, -0.2) is 9.78 Å². The molecule has 1 rings (SSSR count). The zero-order valence-corrected chi connectivity index (χ0v) is 7.67. The highest BCUT2D eigenvalue weighted by Gasteiger charge is 2.02. The minimum atomic E-state index is -1.08. The molecule has 0 fully saturated rings. The lowest BCUT2D eigenvalue weighted by Gasteiger charge is -1.94. The summed E-state index contributed by atoms with van der Waals surface area (Å²) < 4.78 is 4.80. The van der Waals surface area contributed by atoms with Gasteiger partial charge in [-0.3, -0.25) is 4.98 Å². The normalized spacial score (nSPS) is 10.6. The van der Waals surface area contributed by atoms with E-state index in [-0.39, 0.29) is 5.69 Å². The Morgan fingerprint density at radius 3 is 2.86 bits per heavy atom. The molecule has 0 atom stereocenters. The minimum Gasteiger partial charge on any atom is -0.476 e. The van der Waals surface area contributed by atoms with E-state index in [2.05, 4.69) is 9.97 Å².